The fourth-order valence-electron chi connectivity index (χ4n) is 3.76. The predicted molar refractivity (Wildman–Crippen MR) is 100 cm³/mol. The lowest BCUT2D eigenvalue weighted by Gasteiger charge is -2.41. The molecular weight excluding hydrogens is 329 g/mol. The summed E-state index contributed by atoms with van der Waals surface area (Å²) in [6.45, 7) is 5.37. The molecule has 2 heterocycles. The van der Waals surface area contributed by atoms with E-state index in [4.69, 9.17) is 0 Å². The molecule has 0 saturated carbocycles. The highest BCUT2D eigenvalue weighted by molar-refractivity contribution is 5.73. The number of carbonyl (C=O) groups is 1. The zero-order chi connectivity index (χ0) is 18.5. The van der Waals surface area contributed by atoms with E-state index in [2.05, 4.69) is 28.2 Å². The van der Waals surface area contributed by atoms with Crippen molar-refractivity contribution in [2.75, 3.05) is 6.54 Å². The van der Waals surface area contributed by atoms with Crippen molar-refractivity contribution in [2.45, 2.75) is 51.7 Å². The third-order valence-corrected chi connectivity index (χ3v) is 5.11. The van der Waals surface area contributed by atoms with Gasteiger partial charge in [0.05, 0.1) is 5.69 Å². The fraction of sp³-hybridized carbons (Fsp3) is 0.429. The van der Waals surface area contributed by atoms with Crippen LogP contribution in [-0.2, 0) is 17.8 Å². The first-order chi connectivity index (χ1) is 12.5. The standard InChI is InChI=1S/C21H26FN3O/c1-15-5-3-11-23-20(15)14-25-12-4-6-19(24-16(2)26)21(25)13-17-7-9-18(22)10-8-17/h3,5,7-11,19,21H,4,6,12-14H2,1-2H3,(H,24,26)/t19-,21-/m0/s1. The number of hydrogen-bond acceptors (Lipinski definition) is 3. The third kappa shape index (κ3) is 4.67. The maximum atomic E-state index is 13.2. The molecular formula is C21H26FN3O. The van der Waals surface area contributed by atoms with Crippen LogP contribution in [-0.4, -0.2) is 34.4 Å². The Kier molecular flexibility index (Phi) is 5.99. The summed E-state index contributed by atoms with van der Waals surface area (Å²) in [4.78, 5) is 18.6. The summed E-state index contributed by atoms with van der Waals surface area (Å²) in [5.41, 5.74) is 3.33. The van der Waals surface area contributed by atoms with Crippen LogP contribution in [0.15, 0.2) is 42.6 Å². The number of likely N-dealkylation sites (tertiary alicyclic amines) is 1. The Morgan fingerprint density at radius 3 is 2.77 bits per heavy atom. The van der Waals surface area contributed by atoms with E-state index in [1.165, 1.54) is 17.7 Å². The quantitative estimate of drug-likeness (QED) is 0.896. The largest absolute Gasteiger partial charge is 0.352 e. The highest BCUT2D eigenvalue weighted by Crippen LogP contribution is 2.24. The summed E-state index contributed by atoms with van der Waals surface area (Å²) in [5.74, 6) is -0.230. The fourth-order valence-corrected chi connectivity index (χ4v) is 3.76. The molecule has 3 rings (SSSR count). The van der Waals surface area contributed by atoms with Gasteiger partial charge in [-0.25, -0.2) is 4.39 Å². The summed E-state index contributed by atoms with van der Waals surface area (Å²) in [6.07, 6.45) is 4.60. The van der Waals surface area contributed by atoms with Crippen LogP contribution < -0.4 is 5.32 Å². The predicted octanol–water partition coefficient (Wildman–Crippen LogP) is 3.24. The van der Waals surface area contributed by atoms with E-state index in [0.717, 1.165) is 43.6 Å². The SMILES string of the molecule is CC(=O)N[C@H]1CCCN(Cc2ncccc2C)[C@H]1Cc1ccc(F)cc1. The zero-order valence-electron chi connectivity index (χ0n) is 15.4. The van der Waals surface area contributed by atoms with Gasteiger partial charge < -0.3 is 5.32 Å². The van der Waals surface area contributed by atoms with Crippen LogP contribution in [0.1, 0.15) is 36.6 Å². The first-order valence-electron chi connectivity index (χ1n) is 9.19. The van der Waals surface area contributed by atoms with Crippen molar-refractivity contribution in [1.29, 1.82) is 0 Å². The van der Waals surface area contributed by atoms with Crippen LogP contribution in [0.4, 0.5) is 4.39 Å². The molecule has 1 aromatic heterocycles. The molecule has 1 fully saturated rings. The molecule has 2 atom stereocenters. The van der Waals surface area contributed by atoms with Gasteiger partial charge in [-0.1, -0.05) is 18.2 Å². The lowest BCUT2D eigenvalue weighted by atomic mass is 9.90. The van der Waals surface area contributed by atoms with E-state index in [1.54, 1.807) is 6.92 Å². The van der Waals surface area contributed by atoms with Gasteiger partial charge in [-0.2, -0.15) is 0 Å². The molecule has 138 valence electrons. The number of aryl methyl sites for hydroxylation is 1. The lowest BCUT2D eigenvalue weighted by molar-refractivity contribution is -0.120. The van der Waals surface area contributed by atoms with Crippen LogP contribution in [0.3, 0.4) is 0 Å². The van der Waals surface area contributed by atoms with Crippen LogP contribution in [0.2, 0.25) is 0 Å². The van der Waals surface area contributed by atoms with Gasteiger partial charge in [-0.05, 0) is 62.1 Å². The molecule has 2 aromatic rings. The molecule has 1 aromatic carbocycles. The number of halogens is 1. The van der Waals surface area contributed by atoms with Crippen LogP contribution >= 0.6 is 0 Å². The first-order valence-corrected chi connectivity index (χ1v) is 9.19. The maximum absolute atomic E-state index is 13.2. The first kappa shape index (κ1) is 18.5. The molecule has 1 N–H and O–H groups in total. The molecule has 1 saturated heterocycles. The maximum Gasteiger partial charge on any atom is 0.217 e. The second-order valence-corrected chi connectivity index (χ2v) is 7.08. The number of piperidine rings is 1. The van der Waals surface area contributed by atoms with E-state index in [0.29, 0.717) is 0 Å². The Hall–Kier alpha value is -2.27. The van der Waals surface area contributed by atoms with E-state index in [1.807, 2.05) is 24.4 Å². The van der Waals surface area contributed by atoms with Gasteiger partial charge in [-0.15, -0.1) is 0 Å². The Balaban J connectivity index is 1.83. The van der Waals surface area contributed by atoms with Crippen molar-refractivity contribution in [3.05, 3.63) is 65.2 Å². The number of nitrogens with zero attached hydrogens (tertiary/aromatic N) is 2. The highest BCUT2D eigenvalue weighted by atomic mass is 19.1. The van der Waals surface area contributed by atoms with Gasteiger partial charge in [0.15, 0.2) is 0 Å². The number of rotatable bonds is 5. The van der Waals surface area contributed by atoms with Crippen molar-refractivity contribution in [2.24, 2.45) is 0 Å². The summed E-state index contributed by atoms with van der Waals surface area (Å²) in [6, 6.07) is 10.9. The van der Waals surface area contributed by atoms with Crippen molar-refractivity contribution in [3.8, 4) is 0 Å². The number of pyridine rings is 1. The smallest absolute Gasteiger partial charge is 0.217 e. The molecule has 0 radical (unpaired) electrons. The van der Waals surface area contributed by atoms with Gasteiger partial charge in [0.2, 0.25) is 5.91 Å². The molecule has 0 unspecified atom stereocenters. The average molecular weight is 355 g/mol. The minimum absolute atomic E-state index is 0.00465. The number of benzene rings is 1. The Morgan fingerprint density at radius 1 is 1.31 bits per heavy atom. The molecule has 0 bridgehead atoms. The third-order valence-electron chi connectivity index (χ3n) is 5.11. The van der Waals surface area contributed by atoms with Crippen molar-refractivity contribution < 1.29 is 9.18 Å². The topological polar surface area (TPSA) is 45.2 Å². The summed E-state index contributed by atoms with van der Waals surface area (Å²) in [5, 5.41) is 3.12. The molecule has 5 heteroatoms. The minimum Gasteiger partial charge on any atom is -0.352 e. The molecule has 26 heavy (non-hydrogen) atoms. The van der Waals surface area contributed by atoms with E-state index < -0.39 is 0 Å². The Labute approximate surface area is 154 Å². The molecule has 1 aliphatic rings. The summed E-state index contributed by atoms with van der Waals surface area (Å²) < 4.78 is 13.2. The van der Waals surface area contributed by atoms with E-state index in [9.17, 15) is 9.18 Å². The van der Waals surface area contributed by atoms with Gasteiger partial charge >= 0.3 is 0 Å². The van der Waals surface area contributed by atoms with E-state index in [-0.39, 0.29) is 23.8 Å². The molecule has 4 nitrogen and oxygen atoms in total. The molecule has 0 aliphatic carbocycles. The normalized spacial score (nSPS) is 20.7. The number of nitrogens with one attached hydrogen (secondary N) is 1. The van der Waals surface area contributed by atoms with Crippen LogP contribution in [0.5, 0.6) is 0 Å². The summed E-state index contributed by atoms with van der Waals surface area (Å²) >= 11 is 0. The molecule has 1 amide bonds. The minimum atomic E-state index is -0.225. The number of aromatic nitrogens is 1. The number of amides is 1. The van der Waals surface area contributed by atoms with Crippen molar-refractivity contribution >= 4 is 5.91 Å². The second-order valence-electron chi connectivity index (χ2n) is 7.08. The summed E-state index contributed by atoms with van der Waals surface area (Å²) in [7, 11) is 0. The number of hydrogen-bond donors (Lipinski definition) is 1. The molecule has 1 aliphatic heterocycles. The van der Waals surface area contributed by atoms with Crippen molar-refractivity contribution in [1.82, 2.24) is 15.2 Å². The van der Waals surface area contributed by atoms with Gasteiger partial charge in [0, 0.05) is 31.7 Å². The van der Waals surface area contributed by atoms with Gasteiger partial charge in [0.1, 0.15) is 5.82 Å². The number of carbonyl (C=O) groups excluding carboxylic acids is 1. The molecule has 0 spiro atoms. The van der Waals surface area contributed by atoms with Gasteiger partial charge in [0.25, 0.3) is 0 Å². The van der Waals surface area contributed by atoms with Crippen LogP contribution in [0.25, 0.3) is 0 Å². The Morgan fingerprint density at radius 2 is 2.08 bits per heavy atom. The van der Waals surface area contributed by atoms with Crippen molar-refractivity contribution in [3.63, 3.8) is 0 Å². The second kappa shape index (κ2) is 8.41. The zero-order valence-corrected chi connectivity index (χ0v) is 15.4. The Bertz CT molecular complexity index is 747. The monoisotopic (exact) mass is 355 g/mol. The lowest BCUT2D eigenvalue weighted by Crippen LogP contribution is -2.55. The average Bonchev–Trinajstić information content (AvgIpc) is 2.61. The highest BCUT2D eigenvalue weighted by Gasteiger charge is 2.32. The van der Waals surface area contributed by atoms with E-state index >= 15 is 0 Å². The van der Waals surface area contributed by atoms with Gasteiger partial charge in [-0.3, -0.25) is 14.7 Å². The van der Waals surface area contributed by atoms with Crippen LogP contribution in [0, 0.1) is 12.7 Å².